The number of H-pyrrole nitrogens is 1. The van der Waals surface area contributed by atoms with Gasteiger partial charge in [-0.3, -0.25) is 9.89 Å². The van der Waals surface area contributed by atoms with Gasteiger partial charge < -0.3 is 11.1 Å². The number of aromatic nitrogens is 2. The van der Waals surface area contributed by atoms with Crippen LogP contribution in [0.5, 0.6) is 0 Å². The van der Waals surface area contributed by atoms with Gasteiger partial charge in [-0.25, -0.2) is 0 Å². The minimum absolute atomic E-state index is 0.0528. The van der Waals surface area contributed by atoms with E-state index in [0.717, 1.165) is 24.1 Å². The second-order valence-electron chi connectivity index (χ2n) is 5.74. The van der Waals surface area contributed by atoms with E-state index in [1.807, 2.05) is 6.92 Å². The summed E-state index contributed by atoms with van der Waals surface area (Å²) in [5, 5.41) is 9.99. The Labute approximate surface area is 127 Å². The lowest BCUT2D eigenvalue weighted by Gasteiger charge is -2.13. The summed E-state index contributed by atoms with van der Waals surface area (Å²) in [6.07, 6.45) is 2.24. The monoisotopic (exact) mass is 304 g/mol. The van der Waals surface area contributed by atoms with Gasteiger partial charge in [-0.05, 0) is 45.2 Å². The molecule has 1 aliphatic carbocycles. The van der Waals surface area contributed by atoms with Gasteiger partial charge in [-0.15, -0.1) is 11.3 Å². The smallest absolute Gasteiger partial charge is 0.274 e. The van der Waals surface area contributed by atoms with E-state index in [0.29, 0.717) is 17.3 Å². The molecule has 0 saturated heterocycles. The van der Waals surface area contributed by atoms with E-state index in [1.54, 1.807) is 11.3 Å². The first kappa shape index (κ1) is 14.1. The van der Waals surface area contributed by atoms with Crippen molar-refractivity contribution in [2.75, 3.05) is 5.73 Å². The number of nitrogen functional groups attached to an aromatic ring is 1. The van der Waals surface area contributed by atoms with Crippen LogP contribution >= 0.6 is 11.3 Å². The number of hydrogen-bond acceptors (Lipinski definition) is 4. The van der Waals surface area contributed by atoms with Gasteiger partial charge >= 0.3 is 0 Å². The number of amides is 1. The minimum Gasteiger partial charge on any atom is -0.395 e. The van der Waals surface area contributed by atoms with E-state index in [1.165, 1.54) is 9.75 Å². The average Bonchev–Trinajstić information content (AvgIpc) is 3.10. The van der Waals surface area contributed by atoms with Gasteiger partial charge in [0, 0.05) is 15.7 Å². The van der Waals surface area contributed by atoms with Crippen molar-refractivity contribution < 1.29 is 4.79 Å². The molecule has 4 N–H and O–H groups in total. The molecule has 2 aromatic heterocycles. The van der Waals surface area contributed by atoms with Crippen LogP contribution in [0.3, 0.4) is 0 Å². The third-order valence-corrected chi connectivity index (χ3v) is 4.91. The fraction of sp³-hybridized carbons (Fsp3) is 0.467. The van der Waals surface area contributed by atoms with Crippen molar-refractivity contribution in [3.8, 4) is 0 Å². The highest BCUT2D eigenvalue weighted by molar-refractivity contribution is 7.12. The predicted octanol–water partition coefficient (Wildman–Crippen LogP) is 3.04. The van der Waals surface area contributed by atoms with Gasteiger partial charge in [0.2, 0.25) is 0 Å². The summed E-state index contributed by atoms with van der Waals surface area (Å²) < 4.78 is 0. The van der Waals surface area contributed by atoms with Crippen LogP contribution in [0, 0.1) is 13.8 Å². The van der Waals surface area contributed by atoms with E-state index >= 15 is 0 Å². The molecule has 2 aromatic rings. The SMILES string of the molecule is Cc1cc(C(C)NC(=O)c2n[nH]c(C3CC3)c2N)c(C)s1. The third kappa shape index (κ3) is 2.68. The quantitative estimate of drug-likeness (QED) is 0.811. The van der Waals surface area contributed by atoms with Crippen LogP contribution in [0.1, 0.15) is 63.2 Å². The molecule has 0 spiro atoms. The number of carbonyl (C=O) groups excluding carboxylic acids is 1. The van der Waals surface area contributed by atoms with Gasteiger partial charge in [0.15, 0.2) is 5.69 Å². The van der Waals surface area contributed by atoms with Crippen LogP contribution in [-0.4, -0.2) is 16.1 Å². The lowest BCUT2D eigenvalue weighted by Crippen LogP contribution is -2.27. The van der Waals surface area contributed by atoms with Gasteiger partial charge in [0.25, 0.3) is 5.91 Å². The van der Waals surface area contributed by atoms with Crippen molar-refractivity contribution in [2.24, 2.45) is 0 Å². The van der Waals surface area contributed by atoms with Crippen molar-refractivity contribution in [2.45, 2.75) is 45.6 Å². The molecule has 1 atom stereocenters. The van der Waals surface area contributed by atoms with Gasteiger partial charge in [0.05, 0.1) is 17.4 Å². The normalized spacial score (nSPS) is 16.0. The van der Waals surface area contributed by atoms with E-state index in [2.05, 4.69) is 35.4 Å². The summed E-state index contributed by atoms with van der Waals surface area (Å²) >= 11 is 1.74. The lowest BCUT2D eigenvalue weighted by molar-refractivity contribution is 0.0935. The number of aromatic amines is 1. The molecule has 1 fully saturated rings. The summed E-state index contributed by atoms with van der Waals surface area (Å²) in [6, 6.07) is 2.07. The second kappa shape index (κ2) is 5.18. The third-order valence-electron chi connectivity index (χ3n) is 3.93. The number of hydrogen-bond donors (Lipinski definition) is 3. The van der Waals surface area contributed by atoms with Gasteiger partial charge in [-0.2, -0.15) is 5.10 Å². The van der Waals surface area contributed by atoms with Crippen molar-refractivity contribution >= 4 is 22.9 Å². The molecule has 1 unspecified atom stereocenters. The van der Waals surface area contributed by atoms with E-state index in [-0.39, 0.29) is 11.9 Å². The maximum atomic E-state index is 12.4. The number of thiophene rings is 1. The van der Waals surface area contributed by atoms with Crippen LogP contribution in [0.4, 0.5) is 5.69 Å². The zero-order valence-corrected chi connectivity index (χ0v) is 13.3. The molecule has 1 amide bonds. The molecule has 1 aliphatic rings. The zero-order chi connectivity index (χ0) is 15.1. The number of nitrogens with two attached hydrogens (primary N) is 1. The highest BCUT2D eigenvalue weighted by atomic mass is 32.1. The molecule has 21 heavy (non-hydrogen) atoms. The minimum atomic E-state index is -0.216. The summed E-state index contributed by atoms with van der Waals surface area (Å²) in [5.41, 5.74) is 8.92. The summed E-state index contributed by atoms with van der Waals surface area (Å²) in [5.74, 6) is 0.240. The van der Waals surface area contributed by atoms with Crippen molar-refractivity contribution in [1.82, 2.24) is 15.5 Å². The van der Waals surface area contributed by atoms with E-state index in [4.69, 9.17) is 5.73 Å². The number of carbonyl (C=O) groups is 1. The Hall–Kier alpha value is -1.82. The molecule has 0 bridgehead atoms. The van der Waals surface area contributed by atoms with Crippen LogP contribution < -0.4 is 11.1 Å². The highest BCUT2D eigenvalue weighted by Gasteiger charge is 2.30. The zero-order valence-electron chi connectivity index (χ0n) is 12.5. The Morgan fingerprint density at radius 1 is 1.52 bits per heavy atom. The van der Waals surface area contributed by atoms with Crippen LogP contribution in [0.2, 0.25) is 0 Å². The average molecular weight is 304 g/mol. The number of rotatable bonds is 4. The largest absolute Gasteiger partial charge is 0.395 e. The van der Waals surface area contributed by atoms with Crippen LogP contribution in [-0.2, 0) is 0 Å². The van der Waals surface area contributed by atoms with Gasteiger partial charge in [-0.1, -0.05) is 0 Å². The Morgan fingerprint density at radius 3 is 2.81 bits per heavy atom. The Balaban J connectivity index is 1.75. The fourth-order valence-corrected chi connectivity index (χ4v) is 3.67. The van der Waals surface area contributed by atoms with E-state index in [9.17, 15) is 4.79 Å². The van der Waals surface area contributed by atoms with Crippen molar-refractivity contribution in [1.29, 1.82) is 0 Å². The van der Waals surface area contributed by atoms with E-state index < -0.39 is 0 Å². The lowest BCUT2D eigenvalue weighted by atomic mass is 10.1. The molecule has 2 heterocycles. The first-order valence-corrected chi connectivity index (χ1v) is 8.00. The molecule has 5 nitrogen and oxygen atoms in total. The van der Waals surface area contributed by atoms with Gasteiger partial charge in [0.1, 0.15) is 0 Å². The summed E-state index contributed by atoms with van der Waals surface area (Å²) in [7, 11) is 0. The number of nitrogens with zero attached hydrogens (tertiary/aromatic N) is 1. The number of aryl methyl sites for hydroxylation is 2. The Bertz CT molecular complexity index is 684. The highest BCUT2D eigenvalue weighted by Crippen LogP contribution is 2.42. The maximum absolute atomic E-state index is 12.4. The summed E-state index contributed by atoms with van der Waals surface area (Å²) in [6.45, 7) is 6.13. The fourth-order valence-electron chi connectivity index (χ4n) is 2.64. The second-order valence-corrected chi connectivity index (χ2v) is 7.20. The molecule has 6 heteroatoms. The summed E-state index contributed by atoms with van der Waals surface area (Å²) in [4.78, 5) is 14.8. The topological polar surface area (TPSA) is 83.8 Å². The molecule has 3 rings (SSSR count). The van der Waals surface area contributed by atoms with Crippen molar-refractivity contribution in [3.63, 3.8) is 0 Å². The number of nitrogens with one attached hydrogen (secondary N) is 2. The molecule has 0 aliphatic heterocycles. The van der Waals surface area contributed by atoms with Crippen LogP contribution in [0.15, 0.2) is 6.07 Å². The molecular weight excluding hydrogens is 284 g/mol. The van der Waals surface area contributed by atoms with Crippen LogP contribution in [0.25, 0.3) is 0 Å². The Morgan fingerprint density at radius 2 is 2.24 bits per heavy atom. The Kier molecular flexibility index (Phi) is 3.49. The molecule has 112 valence electrons. The maximum Gasteiger partial charge on any atom is 0.274 e. The number of anilines is 1. The predicted molar refractivity (Wildman–Crippen MR) is 84.6 cm³/mol. The first-order chi connectivity index (χ1) is 9.97. The molecule has 0 aromatic carbocycles. The molecule has 0 radical (unpaired) electrons. The van der Waals surface area contributed by atoms with Crippen molar-refractivity contribution in [3.05, 3.63) is 32.8 Å². The molecule has 1 saturated carbocycles. The first-order valence-electron chi connectivity index (χ1n) is 7.19. The standard InChI is InChI=1S/C15H20N4OS/c1-7-6-11(9(3)21-7)8(2)17-15(20)14-12(16)13(18-19-14)10-4-5-10/h6,8,10H,4-5,16H2,1-3H3,(H,17,20)(H,18,19). The molecular formula is C15H20N4OS.